The Morgan fingerprint density at radius 2 is 1.89 bits per heavy atom. The van der Waals surface area contributed by atoms with Gasteiger partial charge in [-0.15, -0.1) is 11.3 Å². The standard InChI is InChI=1S/C20H22N2O3S2/c1-12(2)11-27(24,25)20-22-17-8-7-15(10-18(17)26-20)21-19(23)16-9-13(3)5-6-14(16)4/h5-10,12H,11H2,1-4H3,(H,21,23). The van der Waals surface area contributed by atoms with Gasteiger partial charge in [0.1, 0.15) is 0 Å². The predicted molar refractivity (Wildman–Crippen MR) is 110 cm³/mol. The third kappa shape index (κ3) is 4.36. The van der Waals surface area contributed by atoms with Crippen molar-refractivity contribution in [3.05, 3.63) is 53.1 Å². The lowest BCUT2D eigenvalue weighted by Gasteiger charge is -2.08. The Bertz CT molecular complexity index is 1120. The monoisotopic (exact) mass is 402 g/mol. The van der Waals surface area contributed by atoms with Gasteiger partial charge in [-0.3, -0.25) is 4.79 Å². The average Bonchev–Trinajstić information content (AvgIpc) is 3.00. The lowest BCUT2D eigenvalue weighted by Crippen LogP contribution is -2.13. The van der Waals surface area contributed by atoms with Gasteiger partial charge in [-0.25, -0.2) is 13.4 Å². The molecule has 7 heteroatoms. The largest absolute Gasteiger partial charge is 0.322 e. The first-order valence-electron chi connectivity index (χ1n) is 8.67. The van der Waals surface area contributed by atoms with Crippen molar-refractivity contribution in [1.82, 2.24) is 4.98 Å². The molecule has 3 rings (SSSR count). The molecule has 1 N–H and O–H groups in total. The van der Waals surface area contributed by atoms with Crippen LogP contribution in [0.1, 0.15) is 35.3 Å². The lowest BCUT2D eigenvalue weighted by atomic mass is 10.1. The van der Waals surface area contributed by atoms with Gasteiger partial charge in [-0.1, -0.05) is 31.5 Å². The number of amides is 1. The molecule has 0 aliphatic carbocycles. The molecule has 0 aliphatic heterocycles. The van der Waals surface area contributed by atoms with Crippen LogP contribution in [0.4, 0.5) is 5.69 Å². The van der Waals surface area contributed by atoms with Crippen LogP contribution < -0.4 is 5.32 Å². The second kappa shape index (κ2) is 7.40. The average molecular weight is 403 g/mol. The van der Waals surface area contributed by atoms with Crippen molar-refractivity contribution in [1.29, 1.82) is 0 Å². The smallest absolute Gasteiger partial charge is 0.255 e. The highest BCUT2D eigenvalue weighted by molar-refractivity contribution is 7.93. The Hall–Kier alpha value is -2.25. The number of carbonyl (C=O) groups excluding carboxylic acids is 1. The number of sulfone groups is 1. The van der Waals surface area contributed by atoms with Crippen LogP contribution in [0.3, 0.4) is 0 Å². The van der Waals surface area contributed by atoms with Crippen molar-refractivity contribution in [2.75, 3.05) is 11.1 Å². The molecule has 0 spiro atoms. The fourth-order valence-electron chi connectivity index (χ4n) is 2.80. The van der Waals surface area contributed by atoms with Gasteiger partial charge in [-0.2, -0.15) is 0 Å². The molecule has 0 saturated heterocycles. The number of carbonyl (C=O) groups is 1. The summed E-state index contributed by atoms with van der Waals surface area (Å²) in [5, 5.41) is 2.89. The van der Waals surface area contributed by atoms with Crippen LogP contribution in [-0.2, 0) is 9.84 Å². The van der Waals surface area contributed by atoms with Crippen LogP contribution >= 0.6 is 11.3 Å². The molecule has 0 saturated carbocycles. The summed E-state index contributed by atoms with van der Waals surface area (Å²) in [4.78, 5) is 16.8. The third-order valence-electron chi connectivity index (χ3n) is 4.08. The Morgan fingerprint density at radius 1 is 1.15 bits per heavy atom. The summed E-state index contributed by atoms with van der Waals surface area (Å²) in [6, 6.07) is 11.0. The van der Waals surface area contributed by atoms with E-state index in [2.05, 4.69) is 10.3 Å². The Balaban J connectivity index is 1.89. The zero-order chi connectivity index (χ0) is 19.8. The topological polar surface area (TPSA) is 76.1 Å². The first kappa shape index (κ1) is 19.5. The highest BCUT2D eigenvalue weighted by Gasteiger charge is 2.21. The normalized spacial score (nSPS) is 11.9. The van der Waals surface area contributed by atoms with E-state index in [4.69, 9.17) is 0 Å². The molecule has 0 bridgehead atoms. The van der Waals surface area contributed by atoms with Crippen LogP contribution in [0, 0.1) is 19.8 Å². The maximum atomic E-state index is 12.6. The molecule has 0 unspecified atom stereocenters. The minimum absolute atomic E-state index is 0.0365. The lowest BCUT2D eigenvalue weighted by molar-refractivity contribution is 0.102. The quantitative estimate of drug-likeness (QED) is 0.677. The van der Waals surface area contributed by atoms with Crippen molar-refractivity contribution in [3.63, 3.8) is 0 Å². The first-order valence-corrected chi connectivity index (χ1v) is 11.1. The summed E-state index contributed by atoms with van der Waals surface area (Å²) in [5.41, 5.74) is 3.78. The minimum atomic E-state index is -3.39. The minimum Gasteiger partial charge on any atom is -0.322 e. The van der Waals surface area contributed by atoms with Crippen molar-refractivity contribution >= 4 is 43.0 Å². The van der Waals surface area contributed by atoms with E-state index in [-0.39, 0.29) is 21.9 Å². The number of thiazole rings is 1. The second-order valence-corrected chi connectivity index (χ2v) is 10.3. The number of aromatic nitrogens is 1. The van der Waals surface area contributed by atoms with Crippen LogP contribution in [0.25, 0.3) is 10.2 Å². The van der Waals surface area contributed by atoms with E-state index in [1.54, 1.807) is 18.2 Å². The van der Waals surface area contributed by atoms with E-state index in [0.29, 0.717) is 16.8 Å². The van der Waals surface area contributed by atoms with Crippen molar-refractivity contribution in [2.45, 2.75) is 32.0 Å². The molecule has 1 amide bonds. The summed E-state index contributed by atoms with van der Waals surface area (Å²) < 4.78 is 25.7. The van der Waals surface area contributed by atoms with E-state index in [0.717, 1.165) is 27.2 Å². The number of anilines is 1. The van der Waals surface area contributed by atoms with Gasteiger partial charge in [0.25, 0.3) is 5.91 Å². The van der Waals surface area contributed by atoms with E-state index in [1.165, 1.54) is 0 Å². The van der Waals surface area contributed by atoms with Crippen LogP contribution in [-0.4, -0.2) is 25.1 Å². The highest BCUT2D eigenvalue weighted by atomic mass is 32.2. The molecular weight excluding hydrogens is 380 g/mol. The van der Waals surface area contributed by atoms with Gasteiger partial charge in [-0.05, 0) is 49.6 Å². The number of rotatable bonds is 5. The number of aryl methyl sites for hydroxylation is 2. The molecule has 0 atom stereocenters. The van der Waals surface area contributed by atoms with Gasteiger partial charge in [0.05, 0.1) is 16.0 Å². The van der Waals surface area contributed by atoms with E-state index in [1.807, 2.05) is 45.9 Å². The highest BCUT2D eigenvalue weighted by Crippen LogP contribution is 2.29. The fourth-order valence-corrected chi connectivity index (χ4v) is 5.78. The third-order valence-corrected chi connectivity index (χ3v) is 7.64. The molecule has 2 aromatic carbocycles. The molecule has 142 valence electrons. The summed E-state index contributed by atoms with van der Waals surface area (Å²) in [7, 11) is -3.39. The fraction of sp³-hybridized carbons (Fsp3) is 0.300. The maximum Gasteiger partial charge on any atom is 0.255 e. The van der Waals surface area contributed by atoms with Gasteiger partial charge in [0, 0.05) is 11.3 Å². The van der Waals surface area contributed by atoms with Crippen molar-refractivity contribution in [3.8, 4) is 0 Å². The van der Waals surface area contributed by atoms with Gasteiger partial charge in [0.2, 0.25) is 14.2 Å². The van der Waals surface area contributed by atoms with Gasteiger partial charge in [0.15, 0.2) is 0 Å². The Labute approximate surface area is 163 Å². The summed E-state index contributed by atoms with van der Waals surface area (Å²) in [6.45, 7) is 7.57. The van der Waals surface area contributed by atoms with E-state index in [9.17, 15) is 13.2 Å². The SMILES string of the molecule is Cc1ccc(C)c(C(=O)Nc2ccc3nc(S(=O)(=O)CC(C)C)sc3c2)c1. The van der Waals surface area contributed by atoms with Gasteiger partial charge >= 0.3 is 0 Å². The van der Waals surface area contributed by atoms with Crippen molar-refractivity contribution < 1.29 is 13.2 Å². The molecule has 0 radical (unpaired) electrons. The van der Waals surface area contributed by atoms with Crippen LogP contribution in [0.15, 0.2) is 40.7 Å². The molecule has 0 aliphatic rings. The summed E-state index contributed by atoms with van der Waals surface area (Å²) in [5.74, 6) is -0.0783. The Morgan fingerprint density at radius 3 is 2.59 bits per heavy atom. The van der Waals surface area contributed by atoms with Crippen LogP contribution in [0.2, 0.25) is 0 Å². The first-order chi connectivity index (χ1) is 12.7. The molecular formula is C20H22N2O3S2. The number of fused-ring (bicyclic) bond motifs is 1. The van der Waals surface area contributed by atoms with Gasteiger partial charge < -0.3 is 5.32 Å². The molecule has 3 aromatic rings. The number of nitrogens with zero attached hydrogens (tertiary/aromatic N) is 1. The molecule has 1 aromatic heterocycles. The number of hydrogen-bond acceptors (Lipinski definition) is 5. The zero-order valence-corrected chi connectivity index (χ0v) is 17.4. The Kier molecular flexibility index (Phi) is 5.35. The van der Waals surface area contributed by atoms with E-state index < -0.39 is 9.84 Å². The maximum absolute atomic E-state index is 12.6. The van der Waals surface area contributed by atoms with E-state index >= 15 is 0 Å². The predicted octanol–water partition coefficient (Wildman–Crippen LogP) is 4.60. The molecule has 27 heavy (non-hydrogen) atoms. The summed E-state index contributed by atoms with van der Waals surface area (Å²) in [6.07, 6.45) is 0. The second-order valence-electron chi connectivity index (χ2n) is 7.11. The van der Waals surface area contributed by atoms with Crippen LogP contribution in [0.5, 0.6) is 0 Å². The molecule has 1 heterocycles. The zero-order valence-electron chi connectivity index (χ0n) is 15.7. The number of benzene rings is 2. The molecule has 5 nitrogen and oxygen atoms in total. The number of hydrogen-bond donors (Lipinski definition) is 1. The molecule has 0 fully saturated rings. The number of nitrogens with one attached hydrogen (secondary N) is 1. The summed E-state index contributed by atoms with van der Waals surface area (Å²) >= 11 is 1.14. The van der Waals surface area contributed by atoms with Crippen molar-refractivity contribution in [2.24, 2.45) is 5.92 Å².